The number of aliphatic carboxylic acids is 1. The van der Waals surface area contributed by atoms with Crippen LogP contribution in [-0.2, 0) is 16.0 Å². The van der Waals surface area contributed by atoms with E-state index in [2.05, 4.69) is 0 Å². The van der Waals surface area contributed by atoms with E-state index in [1.54, 1.807) is 4.90 Å². The summed E-state index contributed by atoms with van der Waals surface area (Å²) in [6, 6.07) is 6.14. The number of hydrogen-bond donors (Lipinski definition) is 1. The van der Waals surface area contributed by atoms with E-state index in [4.69, 9.17) is 5.11 Å². The summed E-state index contributed by atoms with van der Waals surface area (Å²) in [6.07, 6.45) is 0.957. The lowest BCUT2D eigenvalue weighted by molar-refractivity contribution is -0.138. The SMILES string of the molecule is Cc1ccc(CC(=O)N(CCCC(=O)O)C(C)C)cc1C. The topological polar surface area (TPSA) is 57.6 Å². The number of benzene rings is 1. The van der Waals surface area contributed by atoms with E-state index in [1.165, 1.54) is 11.1 Å². The molecule has 0 saturated carbocycles. The Morgan fingerprint density at radius 3 is 2.38 bits per heavy atom. The molecule has 4 nitrogen and oxygen atoms in total. The maximum atomic E-state index is 12.4. The van der Waals surface area contributed by atoms with Gasteiger partial charge in [-0.05, 0) is 50.8 Å². The highest BCUT2D eigenvalue weighted by Crippen LogP contribution is 2.12. The molecule has 0 bridgehead atoms. The molecule has 4 heteroatoms. The van der Waals surface area contributed by atoms with Gasteiger partial charge in [0.25, 0.3) is 0 Å². The highest BCUT2D eigenvalue weighted by Gasteiger charge is 2.17. The molecular weight excluding hydrogens is 266 g/mol. The summed E-state index contributed by atoms with van der Waals surface area (Å²) >= 11 is 0. The van der Waals surface area contributed by atoms with Crippen molar-refractivity contribution in [3.05, 3.63) is 34.9 Å². The van der Waals surface area contributed by atoms with Crippen LogP contribution in [0.4, 0.5) is 0 Å². The molecule has 1 amide bonds. The van der Waals surface area contributed by atoms with Gasteiger partial charge in [0.2, 0.25) is 5.91 Å². The van der Waals surface area contributed by atoms with E-state index < -0.39 is 5.97 Å². The summed E-state index contributed by atoms with van der Waals surface area (Å²) in [4.78, 5) is 24.7. The third-order valence-corrected chi connectivity index (χ3v) is 3.66. The summed E-state index contributed by atoms with van der Waals surface area (Å²) in [5, 5.41) is 8.69. The number of carboxylic acids is 1. The molecule has 0 spiro atoms. The van der Waals surface area contributed by atoms with E-state index in [9.17, 15) is 9.59 Å². The lowest BCUT2D eigenvalue weighted by atomic mass is 10.0. The van der Waals surface area contributed by atoms with Gasteiger partial charge in [-0.25, -0.2) is 0 Å². The van der Waals surface area contributed by atoms with Gasteiger partial charge in [0.05, 0.1) is 6.42 Å². The van der Waals surface area contributed by atoms with E-state index in [0.29, 0.717) is 19.4 Å². The molecule has 0 aliphatic heterocycles. The predicted molar refractivity (Wildman–Crippen MR) is 83.3 cm³/mol. The zero-order valence-electron chi connectivity index (χ0n) is 13.3. The Labute approximate surface area is 126 Å². The van der Waals surface area contributed by atoms with Gasteiger partial charge in [0, 0.05) is 19.0 Å². The Balaban J connectivity index is 2.67. The molecule has 0 saturated heterocycles. The molecule has 1 rings (SSSR count). The number of aryl methyl sites for hydroxylation is 2. The van der Waals surface area contributed by atoms with Gasteiger partial charge in [-0.2, -0.15) is 0 Å². The summed E-state index contributed by atoms with van der Waals surface area (Å²) in [5.74, 6) is -0.765. The number of rotatable bonds is 7. The van der Waals surface area contributed by atoms with Gasteiger partial charge in [0.1, 0.15) is 0 Å². The molecule has 0 aliphatic rings. The van der Waals surface area contributed by atoms with E-state index in [-0.39, 0.29) is 18.4 Å². The maximum Gasteiger partial charge on any atom is 0.303 e. The first-order chi connectivity index (χ1) is 9.81. The van der Waals surface area contributed by atoms with Crippen LogP contribution in [0.3, 0.4) is 0 Å². The van der Waals surface area contributed by atoms with Crippen molar-refractivity contribution in [1.82, 2.24) is 4.90 Å². The molecule has 0 unspecified atom stereocenters. The van der Waals surface area contributed by atoms with E-state index >= 15 is 0 Å². The van der Waals surface area contributed by atoms with Crippen LogP contribution < -0.4 is 0 Å². The Morgan fingerprint density at radius 1 is 1.19 bits per heavy atom. The van der Waals surface area contributed by atoms with E-state index in [0.717, 1.165) is 5.56 Å². The fraction of sp³-hybridized carbons (Fsp3) is 0.529. The summed E-state index contributed by atoms with van der Waals surface area (Å²) in [5.41, 5.74) is 3.41. The van der Waals surface area contributed by atoms with Crippen LogP contribution in [0.25, 0.3) is 0 Å². The minimum Gasteiger partial charge on any atom is -0.481 e. The van der Waals surface area contributed by atoms with Gasteiger partial charge < -0.3 is 10.0 Å². The van der Waals surface area contributed by atoms with Crippen LogP contribution in [0.5, 0.6) is 0 Å². The Bertz CT molecular complexity index is 509. The number of amides is 1. The number of hydrogen-bond acceptors (Lipinski definition) is 2. The second-order valence-electron chi connectivity index (χ2n) is 5.77. The average Bonchev–Trinajstić information content (AvgIpc) is 2.38. The second kappa shape index (κ2) is 7.81. The third-order valence-electron chi connectivity index (χ3n) is 3.66. The van der Waals surface area contributed by atoms with E-state index in [1.807, 2.05) is 45.9 Å². The minimum absolute atomic E-state index is 0.0543. The zero-order chi connectivity index (χ0) is 16.0. The third kappa shape index (κ3) is 5.58. The quantitative estimate of drug-likeness (QED) is 0.840. The van der Waals surface area contributed by atoms with Crippen molar-refractivity contribution in [3.8, 4) is 0 Å². The predicted octanol–water partition coefficient (Wildman–Crippen LogP) is 2.95. The first-order valence-electron chi connectivity index (χ1n) is 7.38. The molecule has 0 radical (unpaired) electrons. The molecule has 0 fully saturated rings. The number of nitrogens with zero attached hydrogens (tertiary/aromatic N) is 1. The standard InChI is InChI=1S/C17H25NO3/c1-12(2)18(9-5-6-17(20)21)16(19)11-15-8-7-13(3)14(4)10-15/h7-8,10,12H,5-6,9,11H2,1-4H3,(H,20,21). The molecule has 0 heterocycles. The summed E-state index contributed by atoms with van der Waals surface area (Å²) in [6.45, 7) is 8.50. The lowest BCUT2D eigenvalue weighted by Crippen LogP contribution is -2.38. The Morgan fingerprint density at radius 2 is 1.86 bits per heavy atom. The second-order valence-corrected chi connectivity index (χ2v) is 5.77. The van der Waals surface area contributed by atoms with Crippen LogP contribution in [0.1, 0.15) is 43.4 Å². The van der Waals surface area contributed by atoms with Crippen molar-refractivity contribution in [2.24, 2.45) is 0 Å². The molecule has 1 aromatic carbocycles. The molecule has 1 N–H and O–H groups in total. The van der Waals surface area contributed by atoms with Gasteiger partial charge in [-0.15, -0.1) is 0 Å². The molecule has 0 atom stereocenters. The van der Waals surface area contributed by atoms with Crippen LogP contribution in [0.2, 0.25) is 0 Å². The van der Waals surface area contributed by atoms with Crippen molar-refractivity contribution < 1.29 is 14.7 Å². The monoisotopic (exact) mass is 291 g/mol. The van der Waals surface area contributed by atoms with Crippen molar-refractivity contribution in [2.75, 3.05) is 6.54 Å². The number of carbonyl (C=O) groups excluding carboxylic acids is 1. The molecular formula is C17H25NO3. The van der Waals surface area contributed by atoms with Crippen LogP contribution in [0.15, 0.2) is 18.2 Å². The van der Waals surface area contributed by atoms with Gasteiger partial charge in [-0.1, -0.05) is 18.2 Å². The largest absolute Gasteiger partial charge is 0.481 e. The molecule has 116 valence electrons. The van der Waals surface area contributed by atoms with Crippen molar-refractivity contribution in [3.63, 3.8) is 0 Å². The molecule has 21 heavy (non-hydrogen) atoms. The molecule has 0 aliphatic carbocycles. The first kappa shape index (κ1) is 17.2. The van der Waals surface area contributed by atoms with Crippen molar-refractivity contribution in [2.45, 2.75) is 53.0 Å². The average molecular weight is 291 g/mol. The first-order valence-corrected chi connectivity index (χ1v) is 7.38. The van der Waals surface area contributed by atoms with Gasteiger partial charge >= 0.3 is 5.97 Å². The fourth-order valence-corrected chi connectivity index (χ4v) is 2.26. The summed E-state index contributed by atoms with van der Waals surface area (Å²) < 4.78 is 0. The van der Waals surface area contributed by atoms with Crippen molar-refractivity contribution >= 4 is 11.9 Å². The number of carbonyl (C=O) groups is 2. The lowest BCUT2D eigenvalue weighted by Gasteiger charge is -2.27. The van der Waals surface area contributed by atoms with Gasteiger partial charge in [-0.3, -0.25) is 9.59 Å². The van der Waals surface area contributed by atoms with Crippen LogP contribution in [-0.4, -0.2) is 34.5 Å². The highest BCUT2D eigenvalue weighted by atomic mass is 16.4. The summed E-state index contributed by atoms with van der Waals surface area (Å²) in [7, 11) is 0. The molecule has 0 aromatic heterocycles. The van der Waals surface area contributed by atoms with Crippen molar-refractivity contribution in [1.29, 1.82) is 0 Å². The Hall–Kier alpha value is -1.84. The Kier molecular flexibility index (Phi) is 6.40. The zero-order valence-corrected chi connectivity index (χ0v) is 13.3. The number of carboxylic acid groups (broad SMARTS) is 1. The van der Waals surface area contributed by atoms with Crippen LogP contribution >= 0.6 is 0 Å². The smallest absolute Gasteiger partial charge is 0.303 e. The maximum absolute atomic E-state index is 12.4. The van der Waals surface area contributed by atoms with Crippen LogP contribution in [0, 0.1) is 13.8 Å². The highest BCUT2D eigenvalue weighted by molar-refractivity contribution is 5.79. The fourth-order valence-electron chi connectivity index (χ4n) is 2.26. The minimum atomic E-state index is -0.819. The van der Waals surface area contributed by atoms with Gasteiger partial charge in [0.15, 0.2) is 0 Å². The molecule has 1 aromatic rings. The normalized spacial score (nSPS) is 10.7.